The van der Waals surface area contributed by atoms with Crippen LogP contribution in [0, 0.1) is 0 Å². The molecule has 33 heavy (non-hydrogen) atoms. The normalized spacial score (nSPS) is 11.6. The summed E-state index contributed by atoms with van der Waals surface area (Å²) in [4.78, 5) is 47.1. The maximum atomic E-state index is 11.0. The number of aromatic nitrogens is 4. The first-order valence-corrected chi connectivity index (χ1v) is 9.58. The van der Waals surface area contributed by atoms with Crippen molar-refractivity contribution in [2.75, 3.05) is 7.05 Å². The molecule has 0 aliphatic heterocycles. The van der Waals surface area contributed by atoms with Crippen LogP contribution in [0.5, 0.6) is 0 Å². The predicted octanol–water partition coefficient (Wildman–Crippen LogP) is 3.57. The molecule has 0 unspecified atom stereocenters. The Balaban J connectivity index is 1.62. The summed E-state index contributed by atoms with van der Waals surface area (Å²) >= 11 is 0. The average Bonchev–Trinajstić information content (AvgIpc) is 3.54. The van der Waals surface area contributed by atoms with E-state index in [1.807, 2.05) is 0 Å². The third-order valence-corrected chi connectivity index (χ3v) is 4.28. The van der Waals surface area contributed by atoms with Gasteiger partial charge in [-0.15, -0.1) is 0 Å². The van der Waals surface area contributed by atoms with Gasteiger partial charge < -0.3 is 8.83 Å². The Hall–Kier alpha value is -4.86. The molecule has 0 bridgehead atoms. The number of rotatable bonds is 8. The van der Waals surface area contributed by atoms with Crippen molar-refractivity contribution in [3.63, 3.8) is 0 Å². The second-order valence-electron chi connectivity index (χ2n) is 6.52. The van der Waals surface area contributed by atoms with Crippen molar-refractivity contribution in [2.24, 2.45) is 9.98 Å². The number of carbonyl (C=O) groups is 2. The van der Waals surface area contributed by atoms with E-state index >= 15 is 0 Å². The maximum absolute atomic E-state index is 11.0. The average molecular weight is 440 g/mol. The minimum Gasteiger partial charge on any atom is -0.433 e. The molecule has 4 heterocycles. The molecule has 162 valence electrons. The van der Waals surface area contributed by atoms with E-state index in [0.717, 1.165) is 0 Å². The number of pyridine rings is 2. The van der Waals surface area contributed by atoms with Crippen LogP contribution in [0.3, 0.4) is 0 Å². The molecule has 4 aromatic heterocycles. The molecule has 0 aromatic carbocycles. The van der Waals surface area contributed by atoms with E-state index in [1.54, 1.807) is 43.4 Å². The number of aliphatic imine (C=N–C) groups is 2. The summed E-state index contributed by atoms with van der Waals surface area (Å²) in [5.41, 5.74) is 1.94. The first-order valence-electron chi connectivity index (χ1n) is 9.58. The summed E-state index contributed by atoms with van der Waals surface area (Å²) in [6, 6.07) is 9.87. The van der Waals surface area contributed by atoms with Crippen molar-refractivity contribution < 1.29 is 18.4 Å². The summed E-state index contributed by atoms with van der Waals surface area (Å²) in [7, 11) is 1.59. The molecule has 10 nitrogen and oxygen atoms in total. The fourth-order valence-electron chi connectivity index (χ4n) is 2.78. The van der Waals surface area contributed by atoms with Gasteiger partial charge in [0.25, 0.3) is 0 Å². The van der Waals surface area contributed by atoms with E-state index in [2.05, 4.69) is 36.5 Å². The van der Waals surface area contributed by atoms with Crippen molar-refractivity contribution in [3.8, 4) is 23.2 Å². The molecule has 0 amide bonds. The molecular weight excluding hydrogens is 424 g/mol. The monoisotopic (exact) mass is 440 g/mol. The molecule has 4 aromatic rings. The van der Waals surface area contributed by atoms with Crippen LogP contribution in [0.1, 0.15) is 32.5 Å². The fourth-order valence-corrected chi connectivity index (χ4v) is 2.78. The number of nitrogens with zero attached hydrogens (tertiary/aromatic N) is 6. The third kappa shape index (κ3) is 4.74. The first-order chi connectivity index (χ1) is 16.1. The molecule has 10 heteroatoms. The lowest BCUT2D eigenvalue weighted by atomic mass is 10.3. The van der Waals surface area contributed by atoms with Gasteiger partial charge >= 0.3 is 0 Å². The number of carbonyl (C=O) groups excluding carboxylic acids is 2. The van der Waals surface area contributed by atoms with Gasteiger partial charge in [0.1, 0.15) is 34.2 Å². The Morgan fingerprint density at radius 3 is 1.97 bits per heavy atom. The van der Waals surface area contributed by atoms with E-state index < -0.39 is 0 Å². The predicted molar refractivity (Wildman–Crippen MR) is 120 cm³/mol. The summed E-state index contributed by atoms with van der Waals surface area (Å²) in [6.45, 7) is 3.93. The van der Waals surface area contributed by atoms with Crippen molar-refractivity contribution in [3.05, 3.63) is 78.3 Å². The van der Waals surface area contributed by atoms with Gasteiger partial charge in [0.15, 0.2) is 24.1 Å². The van der Waals surface area contributed by atoms with Crippen LogP contribution >= 0.6 is 0 Å². The topological polar surface area (TPSA) is 137 Å². The molecule has 0 fully saturated rings. The van der Waals surface area contributed by atoms with E-state index in [1.165, 1.54) is 18.6 Å². The number of hydrogen-bond acceptors (Lipinski definition) is 10. The highest BCUT2D eigenvalue weighted by atomic mass is 16.4. The number of oxazole rings is 2. The van der Waals surface area contributed by atoms with E-state index in [0.29, 0.717) is 41.2 Å². The highest BCUT2D eigenvalue weighted by Crippen LogP contribution is 2.23. The molecule has 0 N–H and O–H groups in total. The molecule has 0 radical (unpaired) electrons. The lowest BCUT2D eigenvalue weighted by Gasteiger charge is -1.99. The standard InChI is InChI=1S/C23H16N6O4/c1-14(20-10-25-22(32-20)17-7-3-5-15(12-30)28-17)27-19(9-24-2)21-11-26-23(33-21)18-8-4-6-16(13-31)29-18/h3-13H,1H2,2H3. The fraction of sp³-hybridized carbons (Fsp3) is 0.0435. The summed E-state index contributed by atoms with van der Waals surface area (Å²) in [5.74, 6) is 1.05. The molecule has 0 spiro atoms. The molecule has 0 saturated carbocycles. The Kier molecular flexibility index (Phi) is 6.17. The van der Waals surface area contributed by atoms with Crippen molar-refractivity contribution in [1.29, 1.82) is 0 Å². The van der Waals surface area contributed by atoms with Crippen LogP contribution in [0.15, 0.2) is 74.2 Å². The third-order valence-electron chi connectivity index (χ3n) is 4.28. The van der Waals surface area contributed by atoms with Gasteiger partial charge in [-0.2, -0.15) is 0 Å². The molecule has 4 rings (SSSR count). The van der Waals surface area contributed by atoms with Crippen molar-refractivity contribution >= 4 is 30.2 Å². The van der Waals surface area contributed by atoms with Gasteiger partial charge in [-0.1, -0.05) is 18.7 Å². The lowest BCUT2D eigenvalue weighted by molar-refractivity contribution is 0.111. The minimum absolute atomic E-state index is 0.221. The van der Waals surface area contributed by atoms with E-state index in [4.69, 9.17) is 8.83 Å². The first kappa shape index (κ1) is 21.4. The second kappa shape index (κ2) is 9.52. The Morgan fingerprint density at radius 1 is 0.879 bits per heavy atom. The largest absolute Gasteiger partial charge is 0.433 e. The molecule has 0 aliphatic carbocycles. The van der Waals surface area contributed by atoms with Gasteiger partial charge in [-0.3, -0.25) is 14.6 Å². The molecule has 0 saturated heterocycles. The smallest absolute Gasteiger partial charge is 0.245 e. The van der Waals surface area contributed by atoms with Crippen LogP contribution < -0.4 is 0 Å². The lowest BCUT2D eigenvalue weighted by Crippen LogP contribution is -2.01. The van der Waals surface area contributed by atoms with E-state index in [9.17, 15) is 9.59 Å². The number of aldehydes is 2. The van der Waals surface area contributed by atoms with Crippen LogP contribution in [-0.2, 0) is 0 Å². The minimum atomic E-state index is 0.221. The highest BCUT2D eigenvalue weighted by molar-refractivity contribution is 6.38. The Bertz CT molecular complexity index is 1400. The zero-order chi connectivity index (χ0) is 23.2. The van der Waals surface area contributed by atoms with Gasteiger partial charge in [0.05, 0.1) is 18.6 Å². The maximum Gasteiger partial charge on any atom is 0.245 e. The second-order valence-corrected chi connectivity index (χ2v) is 6.52. The molecule has 0 atom stereocenters. The Labute approximate surface area is 187 Å². The molecular formula is C23H16N6O4. The van der Waals surface area contributed by atoms with E-state index in [-0.39, 0.29) is 28.9 Å². The summed E-state index contributed by atoms with van der Waals surface area (Å²) in [6.07, 6.45) is 5.70. The SMILES string of the molecule is C=C(N=C(C=NC)c1cnc(-c2cccc(C=O)n2)o1)c1cnc(-c2cccc(C=O)n2)o1. The zero-order valence-electron chi connectivity index (χ0n) is 17.4. The van der Waals surface area contributed by atoms with Crippen molar-refractivity contribution in [2.45, 2.75) is 0 Å². The van der Waals surface area contributed by atoms with Crippen LogP contribution in [0.25, 0.3) is 28.9 Å². The quantitative estimate of drug-likeness (QED) is 0.299. The zero-order valence-corrected chi connectivity index (χ0v) is 17.4. The van der Waals surface area contributed by atoms with Crippen LogP contribution in [0.2, 0.25) is 0 Å². The summed E-state index contributed by atoms with van der Waals surface area (Å²) < 4.78 is 11.5. The summed E-state index contributed by atoms with van der Waals surface area (Å²) in [5, 5.41) is 0. The van der Waals surface area contributed by atoms with Crippen LogP contribution in [-0.4, -0.2) is 51.5 Å². The van der Waals surface area contributed by atoms with Crippen molar-refractivity contribution in [1.82, 2.24) is 19.9 Å². The van der Waals surface area contributed by atoms with Gasteiger partial charge in [-0.25, -0.2) is 24.9 Å². The molecule has 0 aliphatic rings. The van der Waals surface area contributed by atoms with Gasteiger partial charge in [0, 0.05) is 7.05 Å². The van der Waals surface area contributed by atoms with Gasteiger partial charge in [0.2, 0.25) is 11.8 Å². The highest BCUT2D eigenvalue weighted by Gasteiger charge is 2.15. The Morgan fingerprint density at radius 2 is 1.42 bits per heavy atom. The number of hydrogen-bond donors (Lipinski definition) is 0. The van der Waals surface area contributed by atoms with Gasteiger partial charge in [-0.05, 0) is 24.3 Å². The van der Waals surface area contributed by atoms with Crippen LogP contribution in [0.4, 0.5) is 0 Å².